The Labute approximate surface area is 122 Å². The summed E-state index contributed by atoms with van der Waals surface area (Å²) in [6.07, 6.45) is 0.353. The van der Waals surface area contributed by atoms with Gasteiger partial charge in [-0.1, -0.05) is 12.1 Å². The summed E-state index contributed by atoms with van der Waals surface area (Å²) in [5, 5.41) is 22.1. The molecule has 0 radical (unpaired) electrons. The SMILES string of the molecule is CCNc1ccc(C(=O)Nc2ccc(CC#N)cc2)nn1. The van der Waals surface area contributed by atoms with Crippen molar-refractivity contribution in [1.82, 2.24) is 10.2 Å². The van der Waals surface area contributed by atoms with E-state index in [-0.39, 0.29) is 11.6 Å². The molecule has 0 spiro atoms. The highest BCUT2D eigenvalue weighted by Crippen LogP contribution is 2.11. The fraction of sp³-hybridized carbons (Fsp3) is 0.200. The number of nitrogens with zero attached hydrogens (tertiary/aromatic N) is 3. The van der Waals surface area contributed by atoms with Gasteiger partial charge in [0.25, 0.3) is 5.91 Å². The maximum atomic E-state index is 12.0. The van der Waals surface area contributed by atoms with Crippen LogP contribution in [0.15, 0.2) is 36.4 Å². The van der Waals surface area contributed by atoms with Gasteiger partial charge in [0.15, 0.2) is 5.69 Å². The quantitative estimate of drug-likeness (QED) is 0.877. The molecule has 1 aromatic heterocycles. The average molecular weight is 281 g/mol. The Hall–Kier alpha value is -2.94. The molecule has 0 aliphatic carbocycles. The highest BCUT2D eigenvalue weighted by atomic mass is 16.1. The van der Waals surface area contributed by atoms with Crippen molar-refractivity contribution >= 4 is 17.4 Å². The fourth-order valence-corrected chi connectivity index (χ4v) is 1.72. The number of hydrogen-bond acceptors (Lipinski definition) is 5. The van der Waals surface area contributed by atoms with E-state index in [1.807, 2.05) is 6.92 Å². The van der Waals surface area contributed by atoms with Crippen molar-refractivity contribution in [2.75, 3.05) is 17.2 Å². The molecule has 0 bridgehead atoms. The zero-order valence-electron chi connectivity index (χ0n) is 11.6. The highest BCUT2D eigenvalue weighted by Gasteiger charge is 2.08. The lowest BCUT2D eigenvalue weighted by molar-refractivity contribution is 0.102. The molecule has 0 aliphatic rings. The number of rotatable bonds is 5. The third-order valence-electron chi connectivity index (χ3n) is 2.75. The molecule has 1 aromatic carbocycles. The van der Waals surface area contributed by atoms with Gasteiger partial charge in [-0.15, -0.1) is 10.2 Å². The van der Waals surface area contributed by atoms with Gasteiger partial charge < -0.3 is 10.6 Å². The molecule has 0 saturated carbocycles. The molecule has 2 aromatic rings. The predicted molar refractivity (Wildman–Crippen MR) is 79.9 cm³/mol. The first kappa shape index (κ1) is 14.5. The van der Waals surface area contributed by atoms with E-state index < -0.39 is 0 Å². The maximum absolute atomic E-state index is 12.0. The number of carbonyl (C=O) groups is 1. The van der Waals surface area contributed by atoms with Crippen LogP contribution in [0.2, 0.25) is 0 Å². The van der Waals surface area contributed by atoms with Crippen molar-refractivity contribution in [3.63, 3.8) is 0 Å². The molecule has 6 nitrogen and oxygen atoms in total. The second-order valence-corrected chi connectivity index (χ2v) is 4.32. The van der Waals surface area contributed by atoms with E-state index in [2.05, 4.69) is 26.9 Å². The summed E-state index contributed by atoms with van der Waals surface area (Å²) in [6, 6.07) is 12.5. The van der Waals surface area contributed by atoms with Crippen LogP contribution in [0.4, 0.5) is 11.5 Å². The Morgan fingerprint density at radius 3 is 2.52 bits per heavy atom. The number of anilines is 2. The Morgan fingerprint density at radius 1 is 1.19 bits per heavy atom. The molecule has 0 saturated heterocycles. The van der Waals surface area contributed by atoms with E-state index in [9.17, 15) is 4.79 Å². The molecular weight excluding hydrogens is 266 g/mol. The van der Waals surface area contributed by atoms with E-state index in [0.717, 1.165) is 12.1 Å². The van der Waals surface area contributed by atoms with Crippen LogP contribution in [0.3, 0.4) is 0 Å². The lowest BCUT2D eigenvalue weighted by atomic mass is 10.1. The van der Waals surface area contributed by atoms with Crippen molar-refractivity contribution < 1.29 is 4.79 Å². The summed E-state index contributed by atoms with van der Waals surface area (Å²) in [5.74, 6) is 0.313. The molecule has 0 aliphatic heterocycles. The summed E-state index contributed by atoms with van der Waals surface area (Å²) in [7, 11) is 0. The standard InChI is InChI=1S/C15H15N5O/c1-2-17-14-8-7-13(19-20-14)15(21)18-12-5-3-11(4-6-12)9-10-16/h3-8H,2,9H2,1H3,(H,17,20)(H,18,21). The minimum absolute atomic E-state index is 0.248. The number of aromatic nitrogens is 2. The van der Waals surface area contributed by atoms with Crippen LogP contribution in [0, 0.1) is 11.3 Å². The Bertz CT molecular complexity index is 643. The summed E-state index contributed by atoms with van der Waals surface area (Å²) < 4.78 is 0. The smallest absolute Gasteiger partial charge is 0.276 e. The number of nitrogens with one attached hydrogen (secondary N) is 2. The van der Waals surface area contributed by atoms with Crippen molar-refractivity contribution in [2.45, 2.75) is 13.3 Å². The van der Waals surface area contributed by atoms with E-state index in [4.69, 9.17) is 5.26 Å². The van der Waals surface area contributed by atoms with Crippen LogP contribution in [0.1, 0.15) is 23.0 Å². The van der Waals surface area contributed by atoms with Gasteiger partial charge >= 0.3 is 0 Å². The average Bonchev–Trinajstić information content (AvgIpc) is 2.50. The van der Waals surface area contributed by atoms with Crippen LogP contribution >= 0.6 is 0 Å². The zero-order valence-corrected chi connectivity index (χ0v) is 11.6. The van der Waals surface area contributed by atoms with Crippen LogP contribution in [-0.2, 0) is 6.42 Å². The molecule has 0 fully saturated rings. The van der Waals surface area contributed by atoms with Gasteiger partial charge in [-0.25, -0.2) is 0 Å². The Balaban J connectivity index is 2.02. The van der Waals surface area contributed by atoms with Crippen LogP contribution < -0.4 is 10.6 Å². The fourth-order valence-electron chi connectivity index (χ4n) is 1.72. The molecule has 1 heterocycles. The Morgan fingerprint density at radius 2 is 1.95 bits per heavy atom. The van der Waals surface area contributed by atoms with Gasteiger partial charge in [-0.2, -0.15) is 5.26 Å². The zero-order chi connectivity index (χ0) is 15.1. The molecule has 1 amide bonds. The summed E-state index contributed by atoms with van der Waals surface area (Å²) in [5.41, 5.74) is 1.81. The Kier molecular flexibility index (Phi) is 4.83. The van der Waals surface area contributed by atoms with Gasteiger partial charge in [0, 0.05) is 12.2 Å². The topological polar surface area (TPSA) is 90.7 Å². The monoisotopic (exact) mass is 281 g/mol. The van der Waals surface area contributed by atoms with Crippen LogP contribution in [0.25, 0.3) is 0 Å². The first-order valence-corrected chi connectivity index (χ1v) is 6.57. The minimum atomic E-state index is -0.321. The van der Waals surface area contributed by atoms with Crippen LogP contribution in [-0.4, -0.2) is 22.6 Å². The van der Waals surface area contributed by atoms with Crippen LogP contribution in [0.5, 0.6) is 0 Å². The molecule has 0 unspecified atom stereocenters. The molecule has 2 N–H and O–H groups in total. The molecular formula is C15H15N5O. The number of nitriles is 1. The number of benzene rings is 1. The third kappa shape index (κ3) is 4.01. The van der Waals surface area contributed by atoms with Gasteiger partial charge in [0.05, 0.1) is 12.5 Å². The van der Waals surface area contributed by atoms with E-state index in [1.165, 1.54) is 0 Å². The summed E-state index contributed by atoms with van der Waals surface area (Å²) in [4.78, 5) is 12.0. The molecule has 106 valence electrons. The largest absolute Gasteiger partial charge is 0.369 e. The summed E-state index contributed by atoms with van der Waals surface area (Å²) in [6.45, 7) is 2.70. The lowest BCUT2D eigenvalue weighted by Crippen LogP contribution is -2.14. The third-order valence-corrected chi connectivity index (χ3v) is 2.75. The molecule has 2 rings (SSSR count). The van der Waals surface area contributed by atoms with E-state index >= 15 is 0 Å². The first-order valence-electron chi connectivity index (χ1n) is 6.57. The highest BCUT2D eigenvalue weighted by molar-refractivity contribution is 6.02. The van der Waals surface area contributed by atoms with Crippen molar-refractivity contribution in [2.24, 2.45) is 0 Å². The molecule has 21 heavy (non-hydrogen) atoms. The van der Waals surface area contributed by atoms with Gasteiger partial charge in [0.1, 0.15) is 5.82 Å². The predicted octanol–water partition coefficient (Wildman–Crippen LogP) is 2.23. The summed E-state index contributed by atoms with van der Waals surface area (Å²) >= 11 is 0. The van der Waals surface area contributed by atoms with Gasteiger partial charge in [0.2, 0.25) is 0 Å². The lowest BCUT2D eigenvalue weighted by Gasteiger charge is -2.06. The molecule has 6 heteroatoms. The van der Waals surface area contributed by atoms with E-state index in [1.54, 1.807) is 36.4 Å². The molecule has 0 atom stereocenters. The normalized spacial score (nSPS) is 9.71. The van der Waals surface area contributed by atoms with Gasteiger partial charge in [-0.05, 0) is 36.8 Å². The van der Waals surface area contributed by atoms with Crippen molar-refractivity contribution in [1.29, 1.82) is 5.26 Å². The number of amides is 1. The van der Waals surface area contributed by atoms with Crippen molar-refractivity contribution in [3.8, 4) is 6.07 Å². The van der Waals surface area contributed by atoms with Crippen molar-refractivity contribution in [3.05, 3.63) is 47.7 Å². The minimum Gasteiger partial charge on any atom is -0.369 e. The number of hydrogen-bond donors (Lipinski definition) is 2. The van der Waals surface area contributed by atoms with Gasteiger partial charge in [-0.3, -0.25) is 4.79 Å². The second-order valence-electron chi connectivity index (χ2n) is 4.32. The second kappa shape index (κ2) is 7.01. The maximum Gasteiger partial charge on any atom is 0.276 e. The first-order chi connectivity index (χ1) is 10.2. The van der Waals surface area contributed by atoms with E-state index in [0.29, 0.717) is 17.9 Å². The number of carbonyl (C=O) groups excluding carboxylic acids is 1.